The van der Waals surface area contributed by atoms with Crippen molar-refractivity contribution >= 4 is 38.9 Å². The Kier molecular flexibility index (Phi) is 7.34. The van der Waals surface area contributed by atoms with Crippen molar-refractivity contribution in [1.29, 1.82) is 0 Å². The molecule has 0 radical (unpaired) electrons. The molecule has 0 aliphatic carbocycles. The quantitative estimate of drug-likeness (QED) is 0.437. The van der Waals surface area contributed by atoms with Crippen LogP contribution in [-0.2, 0) is 10.0 Å². The van der Waals surface area contributed by atoms with Gasteiger partial charge in [-0.15, -0.1) is 11.3 Å². The first-order valence-electron chi connectivity index (χ1n) is 9.95. The van der Waals surface area contributed by atoms with E-state index in [1.54, 1.807) is 31.2 Å². The summed E-state index contributed by atoms with van der Waals surface area (Å²) in [5.41, 5.74) is 5.66. The summed E-state index contributed by atoms with van der Waals surface area (Å²) < 4.78 is 33.0. The molecule has 0 spiro atoms. The molecule has 0 unspecified atom stereocenters. The highest BCUT2D eigenvalue weighted by Crippen LogP contribution is 2.24. The van der Waals surface area contributed by atoms with E-state index < -0.39 is 21.8 Å². The van der Waals surface area contributed by atoms with Crippen molar-refractivity contribution in [1.82, 2.24) is 15.8 Å². The Bertz CT molecular complexity index is 1270. The van der Waals surface area contributed by atoms with Gasteiger partial charge in [-0.2, -0.15) is 0 Å². The summed E-state index contributed by atoms with van der Waals surface area (Å²) in [4.78, 5) is 29.6. The zero-order valence-corrected chi connectivity index (χ0v) is 20.1. The molecule has 174 valence electrons. The highest BCUT2D eigenvalue weighted by molar-refractivity contribution is 7.92. The van der Waals surface area contributed by atoms with Crippen molar-refractivity contribution in [3.8, 4) is 5.75 Å². The van der Waals surface area contributed by atoms with Crippen molar-refractivity contribution in [2.24, 2.45) is 0 Å². The van der Waals surface area contributed by atoms with Gasteiger partial charge in [-0.3, -0.25) is 25.2 Å². The molecule has 0 bridgehead atoms. The van der Waals surface area contributed by atoms with Gasteiger partial charge in [-0.1, -0.05) is 19.9 Å². The maximum absolute atomic E-state index is 12.7. The predicted octanol–water partition coefficient (Wildman–Crippen LogP) is 3.46. The number of carbonyl (C=O) groups is 2. The molecule has 1 heterocycles. The second-order valence-electron chi connectivity index (χ2n) is 7.39. The fourth-order valence-electron chi connectivity index (χ4n) is 2.80. The molecule has 33 heavy (non-hydrogen) atoms. The van der Waals surface area contributed by atoms with E-state index >= 15 is 0 Å². The molecule has 11 heteroatoms. The number of nitrogens with zero attached hydrogens (tertiary/aromatic N) is 1. The smallest absolute Gasteiger partial charge is 0.281 e. The summed E-state index contributed by atoms with van der Waals surface area (Å²) in [6, 6.07) is 11.9. The van der Waals surface area contributed by atoms with Crippen LogP contribution in [0.2, 0.25) is 0 Å². The van der Waals surface area contributed by atoms with E-state index in [4.69, 9.17) is 4.74 Å². The number of benzene rings is 2. The summed E-state index contributed by atoms with van der Waals surface area (Å²) in [6.45, 7) is 5.68. The number of aromatic nitrogens is 1. The maximum Gasteiger partial charge on any atom is 0.281 e. The van der Waals surface area contributed by atoms with Gasteiger partial charge < -0.3 is 4.74 Å². The molecule has 1 aromatic heterocycles. The third-order valence-corrected chi connectivity index (χ3v) is 7.39. The highest BCUT2D eigenvalue weighted by atomic mass is 32.2. The first-order chi connectivity index (χ1) is 15.6. The molecule has 0 saturated heterocycles. The summed E-state index contributed by atoms with van der Waals surface area (Å²) in [5, 5.41) is 0.825. The SMILES string of the molecule is COc1ccc(NS(=O)(=O)c2cccc(C(=O)NNC(=O)c3sc(C(C)C)nc3C)c2)cc1. The van der Waals surface area contributed by atoms with E-state index in [2.05, 4.69) is 20.6 Å². The summed E-state index contributed by atoms with van der Waals surface area (Å²) in [7, 11) is -2.43. The number of hydrogen-bond acceptors (Lipinski definition) is 7. The Morgan fingerprint density at radius 1 is 1.03 bits per heavy atom. The standard InChI is InChI=1S/C22H24N4O5S2/c1-13(2)22-23-14(3)19(32-22)21(28)25-24-20(27)15-6-5-7-18(12-15)33(29,30)26-16-8-10-17(31-4)11-9-16/h5-13,26H,1-4H3,(H,24,27)(H,25,28). The molecule has 2 amide bonds. The van der Waals surface area contributed by atoms with Crippen LogP contribution in [0.4, 0.5) is 5.69 Å². The molecular formula is C22H24N4O5S2. The number of thiazole rings is 1. The third kappa shape index (κ3) is 5.88. The van der Waals surface area contributed by atoms with Crippen LogP contribution in [0.15, 0.2) is 53.4 Å². The van der Waals surface area contributed by atoms with Crippen LogP contribution in [-0.4, -0.2) is 32.3 Å². The monoisotopic (exact) mass is 488 g/mol. The van der Waals surface area contributed by atoms with Gasteiger partial charge in [-0.05, 0) is 49.4 Å². The fraction of sp³-hybridized carbons (Fsp3) is 0.227. The number of ether oxygens (including phenoxy) is 1. The topological polar surface area (TPSA) is 126 Å². The number of aryl methyl sites for hydroxylation is 1. The predicted molar refractivity (Wildman–Crippen MR) is 126 cm³/mol. The van der Waals surface area contributed by atoms with Crippen LogP contribution in [0.5, 0.6) is 5.75 Å². The Labute approximate surface area is 196 Å². The highest BCUT2D eigenvalue weighted by Gasteiger charge is 2.19. The zero-order chi connectivity index (χ0) is 24.2. The lowest BCUT2D eigenvalue weighted by atomic mass is 10.2. The van der Waals surface area contributed by atoms with Crippen molar-refractivity contribution in [3.05, 3.63) is 69.7 Å². The number of methoxy groups -OCH3 is 1. The molecular weight excluding hydrogens is 464 g/mol. The van der Waals surface area contributed by atoms with E-state index in [1.807, 2.05) is 13.8 Å². The Hall–Kier alpha value is -3.44. The van der Waals surface area contributed by atoms with E-state index in [1.165, 1.54) is 42.7 Å². The number of nitrogens with one attached hydrogen (secondary N) is 3. The third-order valence-electron chi connectivity index (χ3n) is 4.55. The lowest BCUT2D eigenvalue weighted by Crippen LogP contribution is -2.41. The largest absolute Gasteiger partial charge is 0.497 e. The van der Waals surface area contributed by atoms with Crippen molar-refractivity contribution < 1.29 is 22.7 Å². The number of anilines is 1. The van der Waals surface area contributed by atoms with Gasteiger partial charge in [0.1, 0.15) is 10.6 Å². The number of rotatable bonds is 7. The minimum absolute atomic E-state index is 0.0665. The molecule has 0 fully saturated rings. The number of amides is 2. The fourth-order valence-corrected chi connectivity index (χ4v) is 4.86. The lowest BCUT2D eigenvalue weighted by molar-refractivity contribution is 0.0848. The van der Waals surface area contributed by atoms with Crippen LogP contribution >= 0.6 is 11.3 Å². The van der Waals surface area contributed by atoms with Crippen LogP contribution in [0.3, 0.4) is 0 Å². The average Bonchev–Trinajstić information content (AvgIpc) is 3.19. The van der Waals surface area contributed by atoms with Crippen LogP contribution in [0, 0.1) is 6.92 Å². The number of hydrazine groups is 1. The van der Waals surface area contributed by atoms with Crippen molar-refractivity contribution in [3.63, 3.8) is 0 Å². The second-order valence-corrected chi connectivity index (χ2v) is 10.1. The summed E-state index contributed by atoms with van der Waals surface area (Å²) in [5.74, 6) is -0.375. The summed E-state index contributed by atoms with van der Waals surface area (Å²) in [6.07, 6.45) is 0. The maximum atomic E-state index is 12.7. The lowest BCUT2D eigenvalue weighted by Gasteiger charge is -2.11. The molecule has 0 saturated carbocycles. The molecule has 3 N–H and O–H groups in total. The first-order valence-corrected chi connectivity index (χ1v) is 12.3. The van der Waals surface area contributed by atoms with Gasteiger partial charge in [0.15, 0.2) is 0 Å². The van der Waals surface area contributed by atoms with Crippen LogP contribution < -0.4 is 20.3 Å². The Balaban J connectivity index is 1.69. The van der Waals surface area contributed by atoms with Gasteiger partial charge in [0.05, 0.1) is 22.7 Å². The minimum Gasteiger partial charge on any atom is -0.497 e. The van der Waals surface area contributed by atoms with Crippen LogP contribution in [0.25, 0.3) is 0 Å². The van der Waals surface area contributed by atoms with E-state index in [0.29, 0.717) is 22.0 Å². The van der Waals surface area contributed by atoms with Crippen LogP contribution in [0.1, 0.15) is 50.5 Å². The Morgan fingerprint density at radius 3 is 2.30 bits per heavy atom. The molecule has 2 aromatic carbocycles. The van der Waals surface area contributed by atoms with E-state index in [9.17, 15) is 18.0 Å². The van der Waals surface area contributed by atoms with E-state index in [-0.39, 0.29) is 16.4 Å². The van der Waals surface area contributed by atoms with Gasteiger partial charge in [0, 0.05) is 17.2 Å². The van der Waals surface area contributed by atoms with Gasteiger partial charge >= 0.3 is 0 Å². The molecule has 0 aliphatic heterocycles. The number of carbonyl (C=O) groups excluding carboxylic acids is 2. The van der Waals surface area contributed by atoms with Gasteiger partial charge in [0.2, 0.25) is 0 Å². The average molecular weight is 489 g/mol. The normalized spacial score (nSPS) is 11.2. The zero-order valence-electron chi connectivity index (χ0n) is 18.5. The molecule has 0 atom stereocenters. The number of hydrogen-bond donors (Lipinski definition) is 3. The minimum atomic E-state index is -3.94. The van der Waals surface area contributed by atoms with Gasteiger partial charge in [0.25, 0.3) is 21.8 Å². The molecule has 0 aliphatic rings. The van der Waals surface area contributed by atoms with Crippen molar-refractivity contribution in [2.45, 2.75) is 31.6 Å². The molecule has 9 nitrogen and oxygen atoms in total. The first kappa shape index (κ1) is 24.2. The van der Waals surface area contributed by atoms with Crippen molar-refractivity contribution in [2.75, 3.05) is 11.8 Å². The second kappa shape index (κ2) is 10.0. The Morgan fingerprint density at radius 2 is 1.70 bits per heavy atom. The molecule has 3 rings (SSSR count). The van der Waals surface area contributed by atoms with E-state index in [0.717, 1.165) is 5.01 Å². The molecule has 3 aromatic rings. The van der Waals surface area contributed by atoms with Gasteiger partial charge in [-0.25, -0.2) is 13.4 Å². The summed E-state index contributed by atoms with van der Waals surface area (Å²) >= 11 is 1.26. The number of sulfonamides is 1.